The van der Waals surface area contributed by atoms with Crippen molar-refractivity contribution >= 4 is 28.5 Å². The maximum absolute atomic E-state index is 10.6. The summed E-state index contributed by atoms with van der Waals surface area (Å²) in [6, 6.07) is 0. The second-order valence-corrected chi connectivity index (χ2v) is 4.41. The summed E-state index contributed by atoms with van der Waals surface area (Å²) in [6.45, 7) is 3.02. The first-order valence-corrected chi connectivity index (χ1v) is 4.35. The van der Waals surface area contributed by atoms with Gasteiger partial charge < -0.3 is 5.32 Å². The summed E-state index contributed by atoms with van der Waals surface area (Å²) in [7, 11) is 0. The van der Waals surface area contributed by atoms with Crippen molar-refractivity contribution in [1.82, 2.24) is 5.32 Å². The number of carbonyl (C=O) groups excluding carboxylic acids is 1. The summed E-state index contributed by atoms with van der Waals surface area (Å²) < 4.78 is 0.613. The third-order valence-electron chi connectivity index (χ3n) is 1.66. The molecule has 1 aliphatic heterocycles. The van der Waals surface area contributed by atoms with Gasteiger partial charge in [0.05, 0.1) is 0 Å². The summed E-state index contributed by atoms with van der Waals surface area (Å²) in [5, 5.41) is 2.81. The normalized spacial score (nSPS) is 30.0. The average molecular weight is 239 g/mol. The molecule has 3 heteroatoms. The molecule has 1 heterocycles. The van der Waals surface area contributed by atoms with E-state index in [0.29, 0.717) is 9.84 Å². The summed E-state index contributed by atoms with van der Waals surface area (Å²) in [5.41, 5.74) is 0. The highest BCUT2D eigenvalue weighted by Crippen LogP contribution is 2.19. The molecule has 0 aromatic rings. The lowest BCUT2D eigenvalue weighted by atomic mass is 10.1. The van der Waals surface area contributed by atoms with Crippen LogP contribution in [0.4, 0.5) is 0 Å². The largest absolute Gasteiger partial charge is 0.356 e. The standard InChI is InChI=1S/C6H10INO/c1-4(7)5-2-6(9)8-3-5/h4-5H,2-3H2,1H3,(H,8,9)/t4-,5-/m1/s1. The van der Waals surface area contributed by atoms with Crippen molar-refractivity contribution in [3.8, 4) is 0 Å². The van der Waals surface area contributed by atoms with E-state index >= 15 is 0 Å². The predicted molar refractivity (Wildman–Crippen MR) is 44.6 cm³/mol. The highest BCUT2D eigenvalue weighted by Gasteiger charge is 2.24. The molecule has 1 rings (SSSR count). The van der Waals surface area contributed by atoms with Gasteiger partial charge in [0.15, 0.2) is 0 Å². The SMILES string of the molecule is C[C@@H](I)[C@H]1CNC(=O)C1. The summed E-state index contributed by atoms with van der Waals surface area (Å²) in [5.74, 6) is 0.779. The van der Waals surface area contributed by atoms with Crippen LogP contribution in [0.3, 0.4) is 0 Å². The molecule has 0 aromatic heterocycles. The lowest BCUT2D eigenvalue weighted by molar-refractivity contribution is -0.119. The molecule has 1 N–H and O–H groups in total. The van der Waals surface area contributed by atoms with Gasteiger partial charge in [-0.15, -0.1) is 0 Å². The quantitative estimate of drug-likeness (QED) is 0.535. The Kier molecular flexibility index (Phi) is 2.32. The number of nitrogens with one attached hydrogen (secondary N) is 1. The maximum atomic E-state index is 10.6. The van der Waals surface area contributed by atoms with Crippen LogP contribution in [0, 0.1) is 5.92 Å². The highest BCUT2D eigenvalue weighted by molar-refractivity contribution is 14.1. The fourth-order valence-corrected chi connectivity index (χ4v) is 1.46. The molecule has 0 bridgehead atoms. The van der Waals surface area contributed by atoms with Crippen LogP contribution in [0.1, 0.15) is 13.3 Å². The van der Waals surface area contributed by atoms with Crippen molar-refractivity contribution in [2.45, 2.75) is 17.3 Å². The molecule has 0 saturated carbocycles. The molecule has 0 aromatic carbocycles. The van der Waals surface area contributed by atoms with E-state index in [1.54, 1.807) is 0 Å². The molecule has 9 heavy (non-hydrogen) atoms. The van der Waals surface area contributed by atoms with E-state index in [4.69, 9.17) is 0 Å². The van der Waals surface area contributed by atoms with Gasteiger partial charge >= 0.3 is 0 Å². The molecule has 1 saturated heterocycles. The van der Waals surface area contributed by atoms with Gasteiger partial charge in [0.2, 0.25) is 5.91 Å². The topological polar surface area (TPSA) is 29.1 Å². The van der Waals surface area contributed by atoms with Crippen molar-refractivity contribution in [1.29, 1.82) is 0 Å². The summed E-state index contributed by atoms with van der Waals surface area (Å²) in [6.07, 6.45) is 0.726. The first-order chi connectivity index (χ1) is 4.20. The molecule has 52 valence electrons. The highest BCUT2D eigenvalue weighted by atomic mass is 127. The molecule has 2 nitrogen and oxygen atoms in total. The molecule has 1 amide bonds. The number of rotatable bonds is 1. The Hall–Kier alpha value is 0.200. The van der Waals surface area contributed by atoms with Gasteiger partial charge in [-0.05, 0) is 5.92 Å². The van der Waals surface area contributed by atoms with Crippen molar-refractivity contribution in [2.24, 2.45) is 5.92 Å². The third kappa shape index (κ3) is 1.81. The molecule has 0 spiro atoms. The molecule has 0 aliphatic carbocycles. The second kappa shape index (κ2) is 2.86. The van der Waals surface area contributed by atoms with E-state index in [1.807, 2.05) is 0 Å². The van der Waals surface area contributed by atoms with E-state index in [0.717, 1.165) is 13.0 Å². The van der Waals surface area contributed by atoms with Crippen LogP contribution in [0.2, 0.25) is 0 Å². The van der Waals surface area contributed by atoms with E-state index in [-0.39, 0.29) is 5.91 Å². The average Bonchev–Trinajstić information content (AvgIpc) is 2.14. The van der Waals surface area contributed by atoms with Crippen LogP contribution in [0.25, 0.3) is 0 Å². The lowest BCUT2D eigenvalue weighted by Gasteiger charge is -2.07. The van der Waals surface area contributed by atoms with Crippen LogP contribution in [0.15, 0.2) is 0 Å². The minimum atomic E-state index is 0.212. The van der Waals surface area contributed by atoms with Crippen molar-refractivity contribution < 1.29 is 4.79 Å². The van der Waals surface area contributed by atoms with Crippen molar-refractivity contribution in [3.63, 3.8) is 0 Å². The Labute approximate surface area is 68.5 Å². The van der Waals surface area contributed by atoms with Crippen LogP contribution >= 0.6 is 22.6 Å². The van der Waals surface area contributed by atoms with E-state index in [1.165, 1.54) is 0 Å². The number of amides is 1. The monoisotopic (exact) mass is 239 g/mol. The van der Waals surface area contributed by atoms with E-state index in [2.05, 4.69) is 34.8 Å². The Morgan fingerprint density at radius 3 is 2.78 bits per heavy atom. The summed E-state index contributed by atoms with van der Waals surface area (Å²) in [4.78, 5) is 10.6. The zero-order valence-electron chi connectivity index (χ0n) is 5.36. The first kappa shape index (κ1) is 7.31. The number of hydrogen-bond donors (Lipinski definition) is 1. The lowest BCUT2D eigenvalue weighted by Crippen LogP contribution is -2.16. The van der Waals surface area contributed by atoms with E-state index in [9.17, 15) is 4.79 Å². The number of carbonyl (C=O) groups is 1. The molecule has 2 atom stereocenters. The van der Waals surface area contributed by atoms with Crippen LogP contribution < -0.4 is 5.32 Å². The second-order valence-electron chi connectivity index (χ2n) is 2.45. The Morgan fingerprint density at radius 1 is 1.89 bits per heavy atom. The molecular weight excluding hydrogens is 229 g/mol. The minimum Gasteiger partial charge on any atom is -0.356 e. The molecule has 0 radical (unpaired) electrons. The smallest absolute Gasteiger partial charge is 0.220 e. The minimum absolute atomic E-state index is 0.212. The fourth-order valence-electron chi connectivity index (χ4n) is 0.952. The number of hydrogen-bond acceptors (Lipinski definition) is 1. The van der Waals surface area contributed by atoms with E-state index < -0.39 is 0 Å². The number of alkyl halides is 1. The molecular formula is C6H10INO. The molecule has 0 unspecified atom stereocenters. The Morgan fingerprint density at radius 2 is 2.56 bits per heavy atom. The molecule has 1 fully saturated rings. The molecule has 1 aliphatic rings. The zero-order chi connectivity index (χ0) is 6.85. The third-order valence-corrected chi connectivity index (χ3v) is 2.68. The van der Waals surface area contributed by atoms with Gasteiger partial charge in [0.25, 0.3) is 0 Å². The predicted octanol–water partition coefficient (Wildman–Crippen LogP) is 0.946. The Balaban J connectivity index is 2.39. The van der Waals surface area contributed by atoms with Gasteiger partial charge in [-0.1, -0.05) is 29.5 Å². The summed E-state index contributed by atoms with van der Waals surface area (Å²) >= 11 is 2.36. The zero-order valence-corrected chi connectivity index (χ0v) is 7.51. The van der Waals surface area contributed by atoms with Gasteiger partial charge in [-0.3, -0.25) is 4.79 Å². The van der Waals surface area contributed by atoms with Crippen LogP contribution in [-0.2, 0) is 4.79 Å². The van der Waals surface area contributed by atoms with Gasteiger partial charge in [0, 0.05) is 16.9 Å². The first-order valence-electron chi connectivity index (χ1n) is 3.11. The van der Waals surface area contributed by atoms with Crippen LogP contribution in [-0.4, -0.2) is 16.4 Å². The maximum Gasteiger partial charge on any atom is 0.220 e. The number of halogens is 1. The van der Waals surface area contributed by atoms with Crippen molar-refractivity contribution in [3.05, 3.63) is 0 Å². The van der Waals surface area contributed by atoms with Gasteiger partial charge in [-0.2, -0.15) is 0 Å². The Bertz CT molecular complexity index is 124. The fraction of sp³-hybridized carbons (Fsp3) is 0.833. The van der Waals surface area contributed by atoms with Gasteiger partial charge in [-0.25, -0.2) is 0 Å². The van der Waals surface area contributed by atoms with Gasteiger partial charge in [0.1, 0.15) is 0 Å². The van der Waals surface area contributed by atoms with Crippen molar-refractivity contribution in [2.75, 3.05) is 6.54 Å². The van der Waals surface area contributed by atoms with Crippen LogP contribution in [0.5, 0.6) is 0 Å².